The summed E-state index contributed by atoms with van der Waals surface area (Å²) in [5, 5.41) is 8.98. The molecule has 32 heavy (non-hydrogen) atoms. The summed E-state index contributed by atoms with van der Waals surface area (Å²) in [7, 11) is 0. The standard InChI is InChI=1S/C25H24FNO4S/c26-21-10-8-18(9-11-21)12-14-32-23(25(29)30)15-19-4-6-20(7-5-19)17-31-24(28)16-22-3-1-2-13-27-22/h1-11,13,23H,12,14-17H2,(H,29,30). The summed E-state index contributed by atoms with van der Waals surface area (Å²) in [5.74, 6) is -0.860. The van der Waals surface area contributed by atoms with Gasteiger partial charge in [-0.15, -0.1) is 11.8 Å². The van der Waals surface area contributed by atoms with Gasteiger partial charge in [0, 0.05) is 6.20 Å². The van der Waals surface area contributed by atoms with Gasteiger partial charge in [0.2, 0.25) is 0 Å². The predicted octanol–water partition coefficient (Wildman–Crippen LogP) is 4.48. The van der Waals surface area contributed by atoms with E-state index in [-0.39, 0.29) is 24.8 Å². The molecule has 5 nitrogen and oxygen atoms in total. The second-order valence-corrected chi connectivity index (χ2v) is 8.56. The average Bonchev–Trinajstić information content (AvgIpc) is 2.80. The summed E-state index contributed by atoms with van der Waals surface area (Å²) in [6.45, 7) is 0.153. The van der Waals surface area contributed by atoms with Gasteiger partial charge >= 0.3 is 11.9 Å². The fourth-order valence-electron chi connectivity index (χ4n) is 3.04. The van der Waals surface area contributed by atoms with Gasteiger partial charge in [-0.25, -0.2) is 4.39 Å². The quantitative estimate of drug-likeness (QED) is 0.432. The van der Waals surface area contributed by atoms with E-state index in [0.717, 1.165) is 16.7 Å². The van der Waals surface area contributed by atoms with Crippen molar-refractivity contribution in [2.24, 2.45) is 0 Å². The number of carboxylic acids is 1. The summed E-state index contributed by atoms with van der Waals surface area (Å²) >= 11 is 1.37. The minimum Gasteiger partial charge on any atom is -0.480 e. The summed E-state index contributed by atoms with van der Waals surface area (Å²) in [5.41, 5.74) is 3.36. The largest absolute Gasteiger partial charge is 0.480 e. The lowest BCUT2D eigenvalue weighted by Gasteiger charge is -2.13. The van der Waals surface area contributed by atoms with Crippen molar-refractivity contribution in [3.63, 3.8) is 0 Å². The molecule has 3 rings (SSSR count). The van der Waals surface area contributed by atoms with E-state index < -0.39 is 11.2 Å². The van der Waals surface area contributed by atoms with Gasteiger partial charge in [0.15, 0.2) is 0 Å². The number of carbonyl (C=O) groups is 2. The molecule has 0 fully saturated rings. The molecule has 1 atom stereocenters. The molecule has 2 aromatic carbocycles. The van der Waals surface area contributed by atoms with Crippen molar-refractivity contribution in [2.45, 2.75) is 31.1 Å². The summed E-state index contributed by atoms with van der Waals surface area (Å²) in [4.78, 5) is 27.7. The minimum absolute atomic E-state index is 0.119. The number of carboxylic acid groups (broad SMARTS) is 1. The van der Waals surface area contributed by atoms with Crippen LogP contribution in [-0.2, 0) is 40.2 Å². The number of halogens is 1. The molecule has 0 aliphatic heterocycles. The lowest BCUT2D eigenvalue weighted by atomic mass is 10.1. The van der Waals surface area contributed by atoms with E-state index in [9.17, 15) is 19.1 Å². The first kappa shape index (κ1) is 23.5. The Balaban J connectivity index is 1.45. The Morgan fingerprint density at radius 3 is 2.31 bits per heavy atom. The second-order valence-electron chi connectivity index (χ2n) is 7.25. The first-order chi connectivity index (χ1) is 15.5. The maximum absolute atomic E-state index is 13.0. The molecule has 0 spiro atoms. The zero-order chi connectivity index (χ0) is 22.8. The molecule has 7 heteroatoms. The van der Waals surface area contributed by atoms with Crippen LogP contribution in [0.15, 0.2) is 72.9 Å². The first-order valence-electron chi connectivity index (χ1n) is 10.2. The number of pyridine rings is 1. The maximum Gasteiger partial charge on any atom is 0.316 e. The van der Waals surface area contributed by atoms with E-state index in [4.69, 9.17) is 4.74 Å². The monoisotopic (exact) mass is 453 g/mol. The molecule has 166 valence electrons. The van der Waals surface area contributed by atoms with Gasteiger partial charge in [-0.3, -0.25) is 14.6 Å². The summed E-state index contributed by atoms with van der Waals surface area (Å²) in [6, 6.07) is 19.0. The van der Waals surface area contributed by atoms with Crippen molar-refractivity contribution in [3.8, 4) is 0 Å². The summed E-state index contributed by atoms with van der Waals surface area (Å²) < 4.78 is 18.3. The van der Waals surface area contributed by atoms with Crippen LogP contribution < -0.4 is 0 Å². The van der Waals surface area contributed by atoms with Gasteiger partial charge < -0.3 is 9.84 Å². The van der Waals surface area contributed by atoms with Crippen LogP contribution in [0.3, 0.4) is 0 Å². The number of hydrogen-bond acceptors (Lipinski definition) is 5. The number of carbonyl (C=O) groups excluding carboxylic acids is 1. The molecular weight excluding hydrogens is 429 g/mol. The molecule has 1 aromatic heterocycles. The van der Waals surface area contributed by atoms with E-state index in [2.05, 4.69) is 4.98 Å². The highest BCUT2D eigenvalue weighted by Crippen LogP contribution is 2.19. The highest BCUT2D eigenvalue weighted by molar-refractivity contribution is 8.00. The third kappa shape index (κ3) is 7.81. The van der Waals surface area contributed by atoms with Gasteiger partial charge in [-0.2, -0.15) is 0 Å². The third-order valence-corrected chi connectivity index (χ3v) is 6.00. The van der Waals surface area contributed by atoms with Crippen molar-refractivity contribution in [3.05, 3.63) is 101 Å². The maximum atomic E-state index is 13.0. The first-order valence-corrected chi connectivity index (χ1v) is 11.3. The van der Waals surface area contributed by atoms with Crippen LogP contribution >= 0.6 is 11.8 Å². The lowest BCUT2D eigenvalue weighted by Crippen LogP contribution is -2.20. The number of rotatable bonds is 11. The molecular formula is C25H24FNO4S. The number of esters is 1. The topological polar surface area (TPSA) is 76.5 Å². The van der Waals surface area contributed by atoms with Gasteiger partial charge in [-0.05, 0) is 59.6 Å². The van der Waals surface area contributed by atoms with Crippen LogP contribution in [-0.4, -0.2) is 33.0 Å². The number of nitrogens with zero attached hydrogens (tertiary/aromatic N) is 1. The van der Waals surface area contributed by atoms with E-state index in [1.54, 1.807) is 30.5 Å². The lowest BCUT2D eigenvalue weighted by molar-refractivity contribution is -0.144. The Morgan fingerprint density at radius 2 is 1.66 bits per heavy atom. The minimum atomic E-state index is -0.860. The predicted molar refractivity (Wildman–Crippen MR) is 122 cm³/mol. The fraction of sp³-hybridized carbons (Fsp3) is 0.240. The van der Waals surface area contributed by atoms with Crippen molar-refractivity contribution < 1.29 is 23.8 Å². The van der Waals surface area contributed by atoms with E-state index >= 15 is 0 Å². The number of thioether (sulfide) groups is 1. The van der Waals surface area contributed by atoms with Crippen molar-refractivity contribution >= 4 is 23.7 Å². The Kier molecular flexibility index (Phi) is 8.80. The van der Waals surface area contributed by atoms with Gasteiger partial charge in [0.1, 0.15) is 17.7 Å². The number of aryl methyl sites for hydroxylation is 1. The van der Waals surface area contributed by atoms with Crippen LogP contribution in [0.25, 0.3) is 0 Å². The fourth-order valence-corrected chi connectivity index (χ4v) is 4.13. The third-order valence-electron chi connectivity index (χ3n) is 4.79. The Morgan fingerprint density at radius 1 is 0.969 bits per heavy atom. The number of hydrogen-bond donors (Lipinski definition) is 1. The zero-order valence-corrected chi connectivity index (χ0v) is 18.3. The van der Waals surface area contributed by atoms with Crippen molar-refractivity contribution in [2.75, 3.05) is 5.75 Å². The highest BCUT2D eigenvalue weighted by atomic mass is 32.2. The molecule has 0 aliphatic rings. The van der Waals surface area contributed by atoms with E-state index in [1.807, 2.05) is 30.3 Å². The van der Waals surface area contributed by atoms with Crippen LogP contribution in [0, 0.1) is 5.82 Å². The van der Waals surface area contributed by atoms with Crippen LogP contribution in [0.1, 0.15) is 22.4 Å². The Labute approximate surface area is 190 Å². The molecule has 0 bridgehead atoms. The molecule has 1 N–H and O–H groups in total. The molecule has 0 amide bonds. The molecule has 1 unspecified atom stereocenters. The van der Waals surface area contributed by atoms with Crippen LogP contribution in [0.5, 0.6) is 0 Å². The van der Waals surface area contributed by atoms with Crippen molar-refractivity contribution in [1.29, 1.82) is 0 Å². The number of ether oxygens (including phenoxy) is 1. The highest BCUT2D eigenvalue weighted by Gasteiger charge is 2.18. The normalized spacial score (nSPS) is 11.7. The molecule has 0 aliphatic carbocycles. The molecule has 0 saturated carbocycles. The number of aromatic nitrogens is 1. The molecule has 1 heterocycles. The van der Waals surface area contributed by atoms with Gasteiger partial charge in [0.05, 0.1) is 12.1 Å². The SMILES string of the molecule is O=C(Cc1ccccn1)OCc1ccc(CC(SCCc2ccc(F)cc2)C(=O)O)cc1. The van der Waals surface area contributed by atoms with Gasteiger partial charge in [0.25, 0.3) is 0 Å². The Bertz CT molecular complexity index is 1010. The van der Waals surface area contributed by atoms with E-state index in [0.29, 0.717) is 24.3 Å². The number of benzene rings is 2. The summed E-state index contributed by atoms with van der Waals surface area (Å²) in [6.07, 6.45) is 2.82. The molecule has 0 radical (unpaired) electrons. The molecule has 3 aromatic rings. The zero-order valence-electron chi connectivity index (χ0n) is 17.4. The van der Waals surface area contributed by atoms with Crippen LogP contribution in [0.4, 0.5) is 4.39 Å². The van der Waals surface area contributed by atoms with Crippen molar-refractivity contribution in [1.82, 2.24) is 4.98 Å². The van der Waals surface area contributed by atoms with E-state index in [1.165, 1.54) is 23.9 Å². The average molecular weight is 454 g/mol. The van der Waals surface area contributed by atoms with Gasteiger partial charge in [-0.1, -0.05) is 42.5 Å². The second kappa shape index (κ2) is 12.0. The smallest absolute Gasteiger partial charge is 0.316 e. The Hall–Kier alpha value is -3.19. The number of aliphatic carboxylic acids is 1. The van der Waals surface area contributed by atoms with Crippen LogP contribution in [0.2, 0.25) is 0 Å². The molecule has 0 saturated heterocycles.